The van der Waals surface area contributed by atoms with Gasteiger partial charge in [-0.15, -0.1) is 0 Å². The largest absolute Gasteiger partial charge is 0.299 e. The highest BCUT2D eigenvalue weighted by Gasteiger charge is 2.16. The molecule has 2 heteroatoms. The second kappa shape index (κ2) is 6.33. The Balaban J connectivity index is 0.000000151. The van der Waals surface area contributed by atoms with Gasteiger partial charge in [0.15, 0.2) is 0 Å². The number of Topliss-reactive ketones (excluding diaryl/α,β-unsaturated/α-hetero) is 1. The molecule has 2 rings (SSSR count). The molecular weight excluding hydrogens is 191 g/mol. The number of hydrogen-bond acceptors (Lipinski definition) is 1. The summed E-state index contributed by atoms with van der Waals surface area (Å²) in [5, 5.41) is 0. The summed E-state index contributed by atoms with van der Waals surface area (Å²) >= 11 is 0. The molecule has 1 aliphatic carbocycles. The van der Waals surface area contributed by atoms with E-state index in [4.69, 9.17) is 0 Å². The molecule has 15 heavy (non-hydrogen) atoms. The van der Waals surface area contributed by atoms with E-state index in [1.54, 1.807) is 18.2 Å². The zero-order valence-electron chi connectivity index (χ0n) is 9.08. The number of carbonyl (C=O) groups is 1. The van der Waals surface area contributed by atoms with Crippen molar-refractivity contribution in [2.24, 2.45) is 5.92 Å². The Kier molecular flexibility index (Phi) is 5.02. The minimum Gasteiger partial charge on any atom is -0.299 e. The average Bonchev–Trinajstić information content (AvgIpc) is 2.25. The SMILES string of the molecule is CC1CCCCC1=O.Fc1ccccc1. The Hall–Kier alpha value is -1.18. The minimum atomic E-state index is -0.178. The number of halogens is 1. The van der Waals surface area contributed by atoms with Gasteiger partial charge < -0.3 is 0 Å². The quantitative estimate of drug-likeness (QED) is 0.636. The fourth-order valence-corrected chi connectivity index (χ4v) is 1.57. The molecule has 1 aromatic carbocycles. The lowest BCUT2D eigenvalue weighted by Gasteiger charge is -2.14. The van der Waals surface area contributed by atoms with Crippen molar-refractivity contribution in [3.05, 3.63) is 36.1 Å². The average molecular weight is 208 g/mol. The summed E-state index contributed by atoms with van der Waals surface area (Å²) < 4.78 is 11.9. The highest BCUT2D eigenvalue weighted by atomic mass is 19.1. The third-order valence-electron chi connectivity index (χ3n) is 2.59. The molecule has 1 saturated carbocycles. The van der Waals surface area contributed by atoms with Crippen LogP contribution in [0.25, 0.3) is 0 Å². The predicted octanol–water partition coefficient (Wildman–Crippen LogP) is 3.59. The summed E-state index contributed by atoms with van der Waals surface area (Å²) in [5.74, 6) is 0.655. The van der Waals surface area contributed by atoms with Crippen LogP contribution in [0, 0.1) is 11.7 Å². The number of carbonyl (C=O) groups excluding carboxylic acids is 1. The van der Waals surface area contributed by atoms with Crippen LogP contribution in [0.1, 0.15) is 32.6 Å². The van der Waals surface area contributed by atoms with E-state index in [2.05, 4.69) is 0 Å². The molecule has 1 fully saturated rings. The number of hydrogen-bond donors (Lipinski definition) is 0. The lowest BCUT2D eigenvalue weighted by molar-refractivity contribution is -0.123. The van der Waals surface area contributed by atoms with Crippen molar-refractivity contribution in [3.8, 4) is 0 Å². The van der Waals surface area contributed by atoms with Gasteiger partial charge in [0.2, 0.25) is 0 Å². The monoisotopic (exact) mass is 208 g/mol. The van der Waals surface area contributed by atoms with Gasteiger partial charge >= 0.3 is 0 Å². The van der Waals surface area contributed by atoms with Crippen molar-refractivity contribution < 1.29 is 9.18 Å². The van der Waals surface area contributed by atoms with Crippen molar-refractivity contribution >= 4 is 5.78 Å². The van der Waals surface area contributed by atoms with Crippen LogP contribution in [0.4, 0.5) is 4.39 Å². The fraction of sp³-hybridized carbons (Fsp3) is 0.462. The van der Waals surface area contributed by atoms with Gasteiger partial charge in [0.05, 0.1) is 0 Å². The van der Waals surface area contributed by atoms with E-state index < -0.39 is 0 Å². The first-order chi connectivity index (χ1) is 7.20. The molecule has 0 saturated heterocycles. The van der Waals surface area contributed by atoms with Gasteiger partial charge in [0.25, 0.3) is 0 Å². The van der Waals surface area contributed by atoms with E-state index >= 15 is 0 Å². The van der Waals surface area contributed by atoms with Gasteiger partial charge in [0, 0.05) is 12.3 Å². The lowest BCUT2D eigenvalue weighted by Crippen LogP contribution is -2.14. The molecule has 82 valence electrons. The first kappa shape index (κ1) is 11.9. The van der Waals surface area contributed by atoms with Gasteiger partial charge in [-0.3, -0.25) is 4.79 Å². The molecule has 1 nitrogen and oxygen atoms in total. The summed E-state index contributed by atoms with van der Waals surface area (Å²) in [7, 11) is 0. The summed E-state index contributed by atoms with van der Waals surface area (Å²) in [6.45, 7) is 2.03. The van der Waals surface area contributed by atoms with Gasteiger partial charge in [-0.1, -0.05) is 31.5 Å². The van der Waals surface area contributed by atoms with E-state index in [-0.39, 0.29) is 5.82 Å². The second-order valence-corrected chi connectivity index (χ2v) is 3.91. The molecule has 0 aliphatic heterocycles. The standard InChI is InChI=1S/C7H12O.C6H5F/c1-6-4-2-3-5-7(6)8;7-6-4-2-1-3-5-6/h6H,2-5H2,1H3;1-5H. The second-order valence-electron chi connectivity index (χ2n) is 3.91. The van der Waals surface area contributed by atoms with Crippen LogP contribution in [0.5, 0.6) is 0 Å². The van der Waals surface area contributed by atoms with E-state index in [1.807, 2.05) is 6.92 Å². The number of benzene rings is 1. The van der Waals surface area contributed by atoms with Crippen LogP contribution < -0.4 is 0 Å². The maximum Gasteiger partial charge on any atom is 0.135 e. The summed E-state index contributed by atoms with van der Waals surface area (Å²) in [6.07, 6.45) is 4.34. The van der Waals surface area contributed by atoms with E-state index in [0.29, 0.717) is 11.7 Å². The molecule has 0 heterocycles. The van der Waals surface area contributed by atoms with Crippen LogP contribution in [-0.4, -0.2) is 5.78 Å². The smallest absolute Gasteiger partial charge is 0.135 e. The van der Waals surface area contributed by atoms with Gasteiger partial charge in [-0.2, -0.15) is 0 Å². The molecule has 0 aromatic heterocycles. The van der Waals surface area contributed by atoms with Gasteiger partial charge in [-0.25, -0.2) is 4.39 Å². The normalized spacial score (nSPS) is 20.4. The Morgan fingerprint density at radius 2 is 1.87 bits per heavy atom. The van der Waals surface area contributed by atoms with Gasteiger partial charge in [0.1, 0.15) is 11.6 Å². The summed E-state index contributed by atoms with van der Waals surface area (Å²) in [6, 6.07) is 7.94. The van der Waals surface area contributed by atoms with Crippen molar-refractivity contribution in [1.82, 2.24) is 0 Å². The Bertz CT molecular complexity index is 295. The molecule has 1 aliphatic rings. The summed E-state index contributed by atoms with van der Waals surface area (Å²) in [5.41, 5.74) is 0. The van der Waals surface area contributed by atoms with E-state index in [0.717, 1.165) is 19.3 Å². The first-order valence-corrected chi connectivity index (χ1v) is 5.43. The molecule has 0 amide bonds. The molecule has 0 radical (unpaired) electrons. The van der Waals surface area contributed by atoms with Crippen molar-refractivity contribution in [1.29, 1.82) is 0 Å². The summed E-state index contributed by atoms with van der Waals surface area (Å²) in [4.78, 5) is 10.8. The molecule has 0 N–H and O–H groups in total. The maximum atomic E-state index is 11.9. The molecule has 1 unspecified atom stereocenters. The number of rotatable bonds is 0. The van der Waals surface area contributed by atoms with Crippen LogP contribution in [0.15, 0.2) is 30.3 Å². The van der Waals surface area contributed by atoms with Crippen molar-refractivity contribution in [2.45, 2.75) is 32.6 Å². The third-order valence-corrected chi connectivity index (χ3v) is 2.59. The van der Waals surface area contributed by atoms with Gasteiger partial charge in [-0.05, 0) is 25.0 Å². The Morgan fingerprint density at radius 1 is 1.20 bits per heavy atom. The van der Waals surface area contributed by atoms with Crippen LogP contribution in [0.2, 0.25) is 0 Å². The van der Waals surface area contributed by atoms with E-state index in [9.17, 15) is 9.18 Å². The molecule has 0 spiro atoms. The highest BCUT2D eigenvalue weighted by Crippen LogP contribution is 2.18. The highest BCUT2D eigenvalue weighted by molar-refractivity contribution is 5.81. The molecule has 1 atom stereocenters. The predicted molar refractivity (Wildman–Crippen MR) is 59.0 cm³/mol. The topological polar surface area (TPSA) is 17.1 Å². The fourth-order valence-electron chi connectivity index (χ4n) is 1.57. The first-order valence-electron chi connectivity index (χ1n) is 5.43. The zero-order valence-corrected chi connectivity index (χ0v) is 9.08. The lowest BCUT2D eigenvalue weighted by atomic mass is 9.90. The Morgan fingerprint density at radius 3 is 2.20 bits per heavy atom. The molecular formula is C13H17FO. The Labute approximate surface area is 90.3 Å². The molecule has 0 bridgehead atoms. The van der Waals surface area contributed by atoms with Crippen LogP contribution >= 0.6 is 0 Å². The third kappa shape index (κ3) is 4.73. The van der Waals surface area contributed by atoms with E-state index in [1.165, 1.54) is 18.6 Å². The maximum absolute atomic E-state index is 11.9. The molecule has 1 aromatic rings. The zero-order chi connectivity index (χ0) is 11.1. The van der Waals surface area contributed by atoms with Crippen molar-refractivity contribution in [2.75, 3.05) is 0 Å². The van der Waals surface area contributed by atoms with Crippen molar-refractivity contribution in [3.63, 3.8) is 0 Å². The number of ketones is 1. The van der Waals surface area contributed by atoms with Crippen LogP contribution in [0.3, 0.4) is 0 Å². The van der Waals surface area contributed by atoms with Crippen LogP contribution in [-0.2, 0) is 4.79 Å². The minimum absolute atomic E-state index is 0.178.